The van der Waals surface area contributed by atoms with Gasteiger partial charge in [-0.3, -0.25) is 0 Å². The molecule has 0 atom stereocenters. The summed E-state index contributed by atoms with van der Waals surface area (Å²) < 4.78 is 0. The molecule has 0 N–H and O–H groups in total. The van der Waals surface area contributed by atoms with Crippen LogP contribution in [0.5, 0.6) is 0 Å². The Bertz CT molecular complexity index is 3210. The van der Waals surface area contributed by atoms with E-state index in [0.29, 0.717) is 0 Å². The van der Waals surface area contributed by atoms with Crippen LogP contribution in [0.2, 0.25) is 0 Å². The number of benzene rings is 9. The number of hydrogen-bond acceptors (Lipinski definition) is 1. The van der Waals surface area contributed by atoms with Crippen LogP contribution in [0.15, 0.2) is 200 Å². The number of para-hydroxylation sites is 2. The van der Waals surface area contributed by atoms with Crippen LogP contribution in [-0.2, 0) is 16.2 Å². The fourth-order valence-corrected chi connectivity index (χ4v) is 11.9. The minimum absolute atomic E-state index is 0.104. The van der Waals surface area contributed by atoms with Gasteiger partial charge in [-0.15, -0.1) is 0 Å². The van der Waals surface area contributed by atoms with Crippen molar-refractivity contribution in [1.29, 1.82) is 0 Å². The molecule has 0 unspecified atom stereocenters. The molecule has 9 aromatic rings. The van der Waals surface area contributed by atoms with Crippen LogP contribution in [0, 0.1) is 0 Å². The molecule has 9 aromatic carbocycles. The van der Waals surface area contributed by atoms with Crippen molar-refractivity contribution in [3.8, 4) is 66.8 Å². The molecule has 3 aliphatic rings. The average Bonchev–Trinajstić information content (AvgIpc) is 3.82. The quantitative estimate of drug-likeness (QED) is 0.161. The Hall–Kier alpha value is -7.22. The molecule has 0 radical (unpaired) electrons. The van der Waals surface area contributed by atoms with Crippen molar-refractivity contribution in [3.05, 3.63) is 234 Å². The van der Waals surface area contributed by atoms with Crippen LogP contribution in [0.25, 0.3) is 66.8 Å². The highest BCUT2D eigenvalue weighted by Gasteiger charge is 2.39. The zero-order valence-electron chi connectivity index (χ0n) is 37.5. The highest BCUT2D eigenvalue weighted by atomic mass is 15.1. The molecule has 0 amide bonds. The van der Waals surface area contributed by atoms with E-state index in [9.17, 15) is 0 Å². The zero-order chi connectivity index (χ0) is 43.5. The summed E-state index contributed by atoms with van der Waals surface area (Å²) in [6.07, 6.45) is 0. The predicted octanol–water partition coefficient (Wildman–Crippen LogP) is 17.1. The van der Waals surface area contributed by atoms with Gasteiger partial charge in [-0.05, 0) is 125 Å². The second-order valence-corrected chi connectivity index (χ2v) is 19.7. The first-order chi connectivity index (χ1) is 31.0. The van der Waals surface area contributed by atoms with Gasteiger partial charge in [-0.25, -0.2) is 0 Å². The van der Waals surface area contributed by atoms with Gasteiger partial charge in [-0.2, -0.15) is 0 Å². The molecule has 0 heterocycles. The third kappa shape index (κ3) is 5.50. The molecule has 64 heavy (non-hydrogen) atoms. The van der Waals surface area contributed by atoms with Gasteiger partial charge in [0.25, 0.3) is 0 Å². The van der Waals surface area contributed by atoms with E-state index >= 15 is 0 Å². The lowest BCUT2D eigenvalue weighted by Crippen LogP contribution is -2.16. The predicted molar refractivity (Wildman–Crippen MR) is 270 cm³/mol. The van der Waals surface area contributed by atoms with E-state index < -0.39 is 0 Å². The highest BCUT2D eigenvalue weighted by molar-refractivity contribution is 5.96. The van der Waals surface area contributed by atoms with Crippen LogP contribution in [-0.4, -0.2) is 0 Å². The maximum absolute atomic E-state index is 2.50. The fourth-order valence-electron chi connectivity index (χ4n) is 11.9. The minimum atomic E-state index is -0.108. The number of hydrogen-bond donors (Lipinski definition) is 0. The molecule has 0 fully saturated rings. The van der Waals surface area contributed by atoms with Crippen molar-refractivity contribution in [1.82, 2.24) is 0 Å². The minimum Gasteiger partial charge on any atom is -0.309 e. The molecule has 3 aliphatic carbocycles. The number of nitrogens with zero attached hydrogens (tertiary/aromatic N) is 1. The first-order valence-corrected chi connectivity index (χ1v) is 22.8. The van der Waals surface area contributed by atoms with Crippen LogP contribution in [0.4, 0.5) is 17.1 Å². The van der Waals surface area contributed by atoms with E-state index in [0.717, 1.165) is 17.1 Å². The van der Waals surface area contributed by atoms with Gasteiger partial charge < -0.3 is 4.90 Å². The van der Waals surface area contributed by atoms with Crippen molar-refractivity contribution in [3.63, 3.8) is 0 Å². The lowest BCUT2D eigenvalue weighted by molar-refractivity contribution is 0.660. The first-order valence-electron chi connectivity index (χ1n) is 22.8. The van der Waals surface area contributed by atoms with Crippen molar-refractivity contribution in [2.45, 2.75) is 57.8 Å². The largest absolute Gasteiger partial charge is 0.309 e. The van der Waals surface area contributed by atoms with E-state index in [-0.39, 0.29) is 16.2 Å². The molecular formula is C63H51N. The number of rotatable bonds is 6. The first kappa shape index (κ1) is 38.5. The van der Waals surface area contributed by atoms with Gasteiger partial charge in [0.1, 0.15) is 0 Å². The summed E-state index contributed by atoms with van der Waals surface area (Å²) in [7, 11) is 0. The topological polar surface area (TPSA) is 3.24 Å². The Kier molecular flexibility index (Phi) is 8.35. The third-order valence-electron chi connectivity index (χ3n) is 15.1. The Morgan fingerprint density at radius 2 is 0.625 bits per heavy atom. The maximum Gasteiger partial charge on any atom is 0.0540 e. The molecule has 1 nitrogen and oxygen atoms in total. The average molecular weight is 822 g/mol. The Balaban J connectivity index is 1.03. The van der Waals surface area contributed by atoms with Gasteiger partial charge in [0, 0.05) is 33.1 Å². The van der Waals surface area contributed by atoms with Crippen LogP contribution in [0.3, 0.4) is 0 Å². The highest BCUT2D eigenvalue weighted by Crippen LogP contribution is 2.55. The molecule has 0 aromatic heterocycles. The Morgan fingerprint density at radius 3 is 1.12 bits per heavy atom. The SMILES string of the molecule is CC1(C)c2ccccc2-c2ccc(-c3ccccc3N(c3ccc(-c4cccc5c4C(C)(C)c4ccccc4-5)cc3)c3ccccc3-c3ccc4c(c3)C(C)(C)c3ccccc3-4)cc21. The van der Waals surface area contributed by atoms with E-state index in [1.807, 2.05) is 0 Å². The van der Waals surface area contributed by atoms with E-state index in [1.165, 1.54) is 100 Å². The lowest BCUT2D eigenvalue weighted by atomic mass is 9.79. The summed E-state index contributed by atoms with van der Waals surface area (Å²) in [6.45, 7) is 14.2. The molecule has 0 saturated heterocycles. The van der Waals surface area contributed by atoms with Crippen LogP contribution >= 0.6 is 0 Å². The zero-order valence-corrected chi connectivity index (χ0v) is 37.5. The van der Waals surface area contributed by atoms with Crippen molar-refractivity contribution in [2.24, 2.45) is 0 Å². The maximum atomic E-state index is 2.50. The molecular weight excluding hydrogens is 771 g/mol. The molecule has 0 bridgehead atoms. The smallest absolute Gasteiger partial charge is 0.0540 e. The lowest BCUT2D eigenvalue weighted by Gasteiger charge is -2.31. The summed E-state index contributed by atoms with van der Waals surface area (Å²) >= 11 is 0. The molecule has 1 heteroatoms. The number of anilines is 3. The van der Waals surface area contributed by atoms with E-state index in [4.69, 9.17) is 0 Å². The second-order valence-electron chi connectivity index (χ2n) is 19.7. The Morgan fingerprint density at radius 1 is 0.266 bits per heavy atom. The van der Waals surface area contributed by atoms with Crippen LogP contribution < -0.4 is 4.90 Å². The molecule has 0 saturated carbocycles. The summed E-state index contributed by atoms with van der Waals surface area (Å²) in [4.78, 5) is 2.50. The summed E-state index contributed by atoms with van der Waals surface area (Å²) in [5.41, 5.74) is 26.8. The monoisotopic (exact) mass is 821 g/mol. The van der Waals surface area contributed by atoms with Crippen LogP contribution in [0.1, 0.15) is 74.9 Å². The summed E-state index contributed by atoms with van der Waals surface area (Å²) in [5, 5.41) is 0. The summed E-state index contributed by atoms with van der Waals surface area (Å²) in [5.74, 6) is 0. The van der Waals surface area contributed by atoms with Crippen molar-refractivity contribution < 1.29 is 0 Å². The van der Waals surface area contributed by atoms with Gasteiger partial charge in [0.05, 0.1) is 11.4 Å². The molecule has 0 aliphatic heterocycles. The molecule has 0 spiro atoms. The van der Waals surface area contributed by atoms with Gasteiger partial charge >= 0.3 is 0 Å². The third-order valence-corrected chi connectivity index (χ3v) is 15.1. The van der Waals surface area contributed by atoms with Crippen molar-refractivity contribution in [2.75, 3.05) is 4.90 Å². The van der Waals surface area contributed by atoms with E-state index in [2.05, 4.69) is 247 Å². The second kappa shape index (κ2) is 13.9. The van der Waals surface area contributed by atoms with Gasteiger partial charge in [0.15, 0.2) is 0 Å². The number of fused-ring (bicyclic) bond motifs is 9. The van der Waals surface area contributed by atoms with Crippen molar-refractivity contribution >= 4 is 17.1 Å². The standard InChI is InChI=1S/C63H51N/c1-61(2)53-25-12-7-20-47(53)50-36-32-41(38-56(50)61)44-18-10-15-28-58(44)64(43-34-30-40(31-35-43)46-23-17-24-52-49-22-9-14-27-55(49)63(5,6)60(46)52)59-29-16-11-19-45(59)42-33-37-51-48-21-8-13-26-54(48)62(3,4)57(51)39-42/h7-39H,1-6H3. The van der Waals surface area contributed by atoms with Gasteiger partial charge in [-0.1, -0.05) is 205 Å². The normalized spacial score (nSPS) is 15.1. The van der Waals surface area contributed by atoms with Gasteiger partial charge in [0.2, 0.25) is 0 Å². The molecule has 12 rings (SSSR count). The fraction of sp³-hybridized carbons (Fsp3) is 0.143. The summed E-state index contributed by atoms with van der Waals surface area (Å²) in [6, 6.07) is 75.2. The van der Waals surface area contributed by atoms with E-state index in [1.54, 1.807) is 0 Å². The molecule has 308 valence electrons. The Labute approximate surface area is 378 Å².